The number of nitrogens with zero attached hydrogens (tertiary/aromatic N) is 2. The van der Waals surface area contributed by atoms with Gasteiger partial charge in [0.25, 0.3) is 11.5 Å². The number of nitrogens with one attached hydrogen (secondary N) is 2. The lowest BCUT2D eigenvalue weighted by Crippen LogP contribution is -2.27. The summed E-state index contributed by atoms with van der Waals surface area (Å²) >= 11 is 0. The van der Waals surface area contributed by atoms with Crippen molar-refractivity contribution >= 4 is 16.8 Å². The zero-order valence-corrected chi connectivity index (χ0v) is 16.0. The molecular formula is C21H18N4O5. The molecule has 0 saturated heterocycles. The Morgan fingerprint density at radius 3 is 2.90 bits per heavy atom. The third-order valence-electron chi connectivity index (χ3n) is 4.35. The predicted molar refractivity (Wildman–Crippen MR) is 107 cm³/mol. The summed E-state index contributed by atoms with van der Waals surface area (Å²) in [5, 5.41) is 3.08. The van der Waals surface area contributed by atoms with Crippen molar-refractivity contribution < 1.29 is 18.7 Å². The molecule has 0 radical (unpaired) electrons. The number of methoxy groups -OCH3 is 1. The fourth-order valence-electron chi connectivity index (χ4n) is 2.79. The van der Waals surface area contributed by atoms with Crippen LogP contribution in [0.25, 0.3) is 10.9 Å². The van der Waals surface area contributed by atoms with E-state index in [1.54, 1.807) is 55.1 Å². The van der Waals surface area contributed by atoms with Crippen molar-refractivity contribution in [3.05, 3.63) is 82.4 Å². The number of aromatic amines is 1. The number of pyridine rings is 1. The maximum Gasteiger partial charge on any atom is 0.287 e. The lowest BCUT2D eigenvalue weighted by Gasteiger charge is -2.08. The summed E-state index contributed by atoms with van der Waals surface area (Å²) in [6.07, 6.45) is 4.76. The molecule has 0 fully saturated rings. The van der Waals surface area contributed by atoms with E-state index in [1.165, 1.54) is 7.11 Å². The summed E-state index contributed by atoms with van der Waals surface area (Å²) in [5.41, 5.74) is 1.67. The molecule has 1 aromatic carbocycles. The highest BCUT2D eigenvalue weighted by atomic mass is 16.5. The number of hydrogen-bond donors (Lipinski definition) is 2. The van der Waals surface area contributed by atoms with E-state index < -0.39 is 11.5 Å². The van der Waals surface area contributed by atoms with Crippen LogP contribution < -0.4 is 20.3 Å². The molecule has 9 nitrogen and oxygen atoms in total. The zero-order valence-electron chi connectivity index (χ0n) is 16.0. The SMILES string of the molecule is COc1ccc2nc(C(=O)NCc3ccnc(OCc4ccoc4)c3)[nH]c(=O)c2c1. The maximum atomic E-state index is 12.5. The van der Waals surface area contributed by atoms with E-state index in [9.17, 15) is 9.59 Å². The molecule has 1 amide bonds. The van der Waals surface area contributed by atoms with Crippen molar-refractivity contribution in [2.45, 2.75) is 13.2 Å². The van der Waals surface area contributed by atoms with E-state index in [2.05, 4.69) is 20.3 Å². The van der Waals surface area contributed by atoms with Gasteiger partial charge in [-0.25, -0.2) is 9.97 Å². The van der Waals surface area contributed by atoms with Crippen LogP contribution in [0.2, 0.25) is 0 Å². The summed E-state index contributed by atoms with van der Waals surface area (Å²) in [7, 11) is 1.51. The van der Waals surface area contributed by atoms with Crippen molar-refractivity contribution in [3.63, 3.8) is 0 Å². The first-order valence-corrected chi connectivity index (χ1v) is 9.07. The highest BCUT2D eigenvalue weighted by molar-refractivity contribution is 5.92. The van der Waals surface area contributed by atoms with Gasteiger partial charge in [0.05, 0.1) is 30.5 Å². The lowest BCUT2D eigenvalue weighted by atomic mass is 10.2. The summed E-state index contributed by atoms with van der Waals surface area (Å²) in [6, 6.07) is 10.2. The van der Waals surface area contributed by atoms with Crippen LogP contribution in [0.5, 0.6) is 11.6 Å². The molecule has 0 aliphatic carbocycles. The standard InChI is InChI=1S/C21H18N4O5/c1-28-15-2-3-17-16(9-15)20(26)25-19(24-17)21(27)23-10-13-4-6-22-18(8-13)30-12-14-5-7-29-11-14/h2-9,11H,10,12H2,1H3,(H,23,27)(H,24,25,26). The summed E-state index contributed by atoms with van der Waals surface area (Å²) in [6.45, 7) is 0.542. The average Bonchev–Trinajstić information content (AvgIpc) is 3.30. The third kappa shape index (κ3) is 4.30. The van der Waals surface area contributed by atoms with Gasteiger partial charge in [-0.15, -0.1) is 0 Å². The third-order valence-corrected chi connectivity index (χ3v) is 4.35. The number of hydrogen-bond acceptors (Lipinski definition) is 7. The Labute approximate surface area is 170 Å². The predicted octanol–water partition coefficient (Wildman–Crippen LogP) is 2.43. The Bertz CT molecular complexity index is 1230. The number of aromatic nitrogens is 3. The van der Waals surface area contributed by atoms with Crippen molar-refractivity contribution in [2.24, 2.45) is 0 Å². The number of rotatable bonds is 7. The number of benzene rings is 1. The van der Waals surface area contributed by atoms with Gasteiger partial charge < -0.3 is 24.2 Å². The molecule has 2 N–H and O–H groups in total. The fourth-order valence-corrected chi connectivity index (χ4v) is 2.79. The van der Waals surface area contributed by atoms with Gasteiger partial charge in [0.1, 0.15) is 12.4 Å². The van der Waals surface area contributed by atoms with Crippen LogP contribution in [0.15, 0.2) is 64.3 Å². The quantitative estimate of drug-likeness (QED) is 0.484. The number of carbonyl (C=O) groups excluding carboxylic acids is 1. The lowest BCUT2D eigenvalue weighted by molar-refractivity contribution is 0.0940. The van der Waals surface area contributed by atoms with Gasteiger partial charge in [0.2, 0.25) is 5.88 Å². The first kappa shape index (κ1) is 19.2. The first-order valence-electron chi connectivity index (χ1n) is 9.07. The Hall–Kier alpha value is -4.14. The van der Waals surface area contributed by atoms with Gasteiger partial charge in [-0.1, -0.05) is 0 Å². The Balaban J connectivity index is 1.43. The molecular weight excluding hydrogens is 388 g/mol. The Morgan fingerprint density at radius 2 is 2.10 bits per heavy atom. The van der Waals surface area contributed by atoms with E-state index in [4.69, 9.17) is 13.9 Å². The highest BCUT2D eigenvalue weighted by Crippen LogP contribution is 2.16. The molecule has 0 unspecified atom stereocenters. The molecule has 0 saturated carbocycles. The van der Waals surface area contributed by atoms with Gasteiger partial charge in [0, 0.05) is 24.4 Å². The second-order valence-electron chi connectivity index (χ2n) is 6.40. The molecule has 3 aromatic heterocycles. The second-order valence-corrected chi connectivity index (χ2v) is 6.40. The molecule has 0 aliphatic rings. The number of furan rings is 1. The minimum atomic E-state index is -0.498. The number of fused-ring (bicyclic) bond motifs is 1. The number of carbonyl (C=O) groups is 1. The van der Waals surface area contributed by atoms with Gasteiger partial charge >= 0.3 is 0 Å². The molecule has 9 heteroatoms. The van der Waals surface area contributed by atoms with Crippen LogP contribution in [-0.2, 0) is 13.2 Å². The van der Waals surface area contributed by atoms with Crippen LogP contribution in [-0.4, -0.2) is 28.0 Å². The van der Waals surface area contributed by atoms with Crippen molar-refractivity contribution in [2.75, 3.05) is 7.11 Å². The molecule has 30 heavy (non-hydrogen) atoms. The fraction of sp³-hybridized carbons (Fsp3) is 0.143. The van der Waals surface area contributed by atoms with Crippen LogP contribution in [0.4, 0.5) is 0 Å². The van der Waals surface area contributed by atoms with Crippen LogP contribution in [0.1, 0.15) is 21.7 Å². The van der Waals surface area contributed by atoms with Crippen LogP contribution in [0, 0.1) is 0 Å². The Morgan fingerprint density at radius 1 is 1.20 bits per heavy atom. The Kier molecular flexibility index (Phi) is 5.42. The molecule has 152 valence electrons. The van der Waals surface area contributed by atoms with Crippen LogP contribution >= 0.6 is 0 Å². The minimum absolute atomic E-state index is 0.0665. The zero-order chi connectivity index (χ0) is 20.9. The number of ether oxygens (including phenoxy) is 2. The number of H-pyrrole nitrogens is 1. The maximum absolute atomic E-state index is 12.5. The second kappa shape index (κ2) is 8.48. The van der Waals surface area contributed by atoms with Crippen molar-refractivity contribution in [1.82, 2.24) is 20.3 Å². The first-order chi connectivity index (χ1) is 14.6. The normalized spacial score (nSPS) is 10.7. The van der Waals surface area contributed by atoms with Gasteiger partial charge in [-0.05, 0) is 35.9 Å². The van der Waals surface area contributed by atoms with Gasteiger partial charge in [0.15, 0.2) is 5.82 Å². The summed E-state index contributed by atoms with van der Waals surface area (Å²) < 4.78 is 15.7. The van der Waals surface area contributed by atoms with Crippen molar-refractivity contribution in [1.29, 1.82) is 0 Å². The molecule has 4 aromatic rings. The minimum Gasteiger partial charge on any atom is -0.497 e. The van der Waals surface area contributed by atoms with E-state index in [0.717, 1.165) is 11.1 Å². The van der Waals surface area contributed by atoms with E-state index >= 15 is 0 Å². The summed E-state index contributed by atoms with van der Waals surface area (Å²) in [5.74, 6) is 0.398. The highest BCUT2D eigenvalue weighted by Gasteiger charge is 2.12. The molecule has 3 heterocycles. The number of amides is 1. The molecule has 0 bridgehead atoms. The van der Waals surface area contributed by atoms with Crippen LogP contribution in [0.3, 0.4) is 0 Å². The van der Waals surface area contributed by atoms with Gasteiger partial charge in [-0.2, -0.15) is 0 Å². The van der Waals surface area contributed by atoms with Crippen molar-refractivity contribution in [3.8, 4) is 11.6 Å². The van der Waals surface area contributed by atoms with E-state index in [0.29, 0.717) is 29.1 Å². The molecule has 0 spiro atoms. The molecule has 0 aliphatic heterocycles. The van der Waals surface area contributed by atoms with E-state index in [-0.39, 0.29) is 12.4 Å². The molecule has 4 rings (SSSR count). The van der Waals surface area contributed by atoms with Gasteiger partial charge in [-0.3, -0.25) is 9.59 Å². The monoisotopic (exact) mass is 406 g/mol. The largest absolute Gasteiger partial charge is 0.497 e. The van der Waals surface area contributed by atoms with E-state index in [1.807, 2.05) is 0 Å². The smallest absolute Gasteiger partial charge is 0.287 e. The summed E-state index contributed by atoms with van der Waals surface area (Å²) in [4.78, 5) is 35.7. The molecule has 0 atom stereocenters. The topological polar surface area (TPSA) is 119 Å². The average molecular weight is 406 g/mol.